The topological polar surface area (TPSA) is 13.0 Å². The molecule has 0 fully saturated rings. The second-order valence-electron chi connectivity index (χ2n) is 20.9. The van der Waals surface area contributed by atoms with Crippen LogP contribution >= 0.6 is 0 Å². The van der Waals surface area contributed by atoms with Gasteiger partial charge in [-0.2, -0.15) is 0 Å². The summed E-state index contributed by atoms with van der Waals surface area (Å²) in [6, 6.07) is 81.3. The minimum Gasteiger partial charge on any atom is -0.337 e. The van der Waals surface area contributed by atoms with Crippen molar-refractivity contribution in [3.8, 4) is 0 Å². The minimum atomic E-state index is 0.189. The van der Waals surface area contributed by atoms with Gasteiger partial charge in [-0.15, -0.1) is 0 Å². The predicted octanol–water partition coefficient (Wildman–Crippen LogP) is 20.3. The SMILES string of the molecule is Cc1ccccc1N(c1ccccc1)c1cc(N(c2ccccc2)C2C(C)C=CCC2C)c2ccc3c(N(c4ccccc4)c4c(C)cccc4C)cc(N(c4ccccc4)c4c(C)cccc4C)c4ccc1c2c43. The Morgan fingerprint density at radius 2 is 0.693 bits per heavy atom. The second kappa shape index (κ2) is 19.7. The first kappa shape index (κ1) is 47.4. The van der Waals surface area contributed by atoms with Crippen LogP contribution in [0.3, 0.4) is 0 Å². The van der Waals surface area contributed by atoms with Crippen LogP contribution in [0.5, 0.6) is 0 Å². The maximum Gasteiger partial charge on any atom is 0.0561 e. The number of allylic oxidation sites excluding steroid dienone is 1. The number of aryl methyl sites for hydroxylation is 5. The van der Waals surface area contributed by atoms with Crippen molar-refractivity contribution >= 4 is 94.9 Å². The van der Waals surface area contributed by atoms with Crippen LogP contribution in [-0.4, -0.2) is 6.04 Å². The van der Waals surface area contributed by atoms with Crippen LogP contribution in [0.15, 0.2) is 231 Å². The van der Waals surface area contributed by atoms with Crippen molar-refractivity contribution < 1.29 is 0 Å². The van der Waals surface area contributed by atoms with E-state index in [0.29, 0.717) is 11.8 Å². The zero-order valence-electron chi connectivity index (χ0n) is 44.2. The molecule has 12 rings (SSSR count). The van der Waals surface area contributed by atoms with E-state index in [1.807, 2.05) is 0 Å². The third kappa shape index (κ3) is 8.26. The number of rotatable bonds is 12. The molecule has 0 saturated carbocycles. The number of hydrogen-bond acceptors (Lipinski definition) is 4. The molecule has 11 aromatic carbocycles. The van der Waals surface area contributed by atoms with Gasteiger partial charge in [-0.25, -0.2) is 0 Å². The molecule has 0 heterocycles. The Morgan fingerprint density at radius 3 is 1.13 bits per heavy atom. The summed E-state index contributed by atoms with van der Waals surface area (Å²) >= 11 is 0. The lowest BCUT2D eigenvalue weighted by molar-refractivity contribution is 0.368. The van der Waals surface area contributed by atoms with E-state index in [1.54, 1.807) is 0 Å². The van der Waals surface area contributed by atoms with E-state index in [9.17, 15) is 0 Å². The van der Waals surface area contributed by atoms with Crippen LogP contribution < -0.4 is 19.6 Å². The smallest absolute Gasteiger partial charge is 0.0561 e. The van der Waals surface area contributed by atoms with Gasteiger partial charge in [-0.05, 0) is 147 Å². The van der Waals surface area contributed by atoms with Crippen molar-refractivity contribution in [1.29, 1.82) is 0 Å². The molecule has 0 aromatic heterocycles. The molecule has 4 heteroatoms. The number of anilines is 11. The third-order valence-electron chi connectivity index (χ3n) is 15.9. The molecule has 0 saturated heterocycles. The summed E-state index contributed by atoms with van der Waals surface area (Å²) in [6.07, 6.45) is 5.85. The van der Waals surface area contributed by atoms with E-state index in [4.69, 9.17) is 0 Å². The zero-order valence-corrected chi connectivity index (χ0v) is 44.2. The number of hydrogen-bond donors (Lipinski definition) is 0. The zero-order chi connectivity index (χ0) is 51.3. The van der Waals surface area contributed by atoms with Gasteiger partial charge in [-0.3, -0.25) is 0 Å². The molecule has 1 aliphatic carbocycles. The standard InChI is InChI=1S/C71H64N4/c1-47-25-20-21-40-62(47)72(54-32-12-8-13-33-54)63-45-64(73(55-34-14-9-15-35-55)69-48(2)26-22-27-49(69)3)59-43-44-61-66(75(57-38-18-11-19-39-57)71-52(6)30-24-31-53(71)7)46-65(60-42-41-58(63)67(59)68(60)61)74(56-36-16-10-17-37-56)70-50(4)28-23-29-51(70)5/h8-26,28-46,48-49,69H,27H2,1-7H3. The molecular weight excluding hydrogens is 909 g/mol. The van der Waals surface area contributed by atoms with Gasteiger partial charge < -0.3 is 19.6 Å². The van der Waals surface area contributed by atoms with Crippen molar-refractivity contribution in [3.05, 3.63) is 258 Å². The predicted molar refractivity (Wildman–Crippen MR) is 322 cm³/mol. The van der Waals surface area contributed by atoms with Crippen LogP contribution in [-0.2, 0) is 0 Å². The van der Waals surface area contributed by atoms with Crippen molar-refractivity contribution in [1.82, 2.24) is 0 Å². The van der Waals surface area contributed by atoms with E-state index in [0.717, 1.165) is 46.2 Å². The van der Waals surface area contributed by atoms with Crippen molar-refractivity contribution in [2.24, 2.45) is 11.8 Å². The summed E-state index contributed by atoms with van der Waals surface area (Å²) in [5, 5.41) is 7.26. The molecule has 3 unspecified atom stereocenters. The van der Waals surface area contributed by atoms with E-state index >= 15 is 0 Å². The molecule has 0 N–H and O–H groups in total. The Balaban J connectivity index is 1.31. The number of para-hydroxylation sites is 7. The molecule has 3 atom stereocenters. The molecular formula is C71H64N4. The quantitative estimate of drug-likeness (QED) is 0.0893. The average Bonchev–Trinajstić information content (AvgIpc) is 3.48. The van der Waals surface area contributed by atoms with Gasteiger partial charge in [0.05, 0.1) is 34.1 Å². The third-order valence-corrected chi connectivity index (χ3v) is 15.9. The second-order valence-corrected chi connectivity index (χ2v) is 20.9. The Hall–Kier alpha value is -8.60. The van der Waals surface area contributed by atoms with Gasteiger partial charge in [0.25, 0.3) is 0 Å². The molecule has 1 aliphatic rings. The Bertz CT molecular complexity index is 3710. The molecule has 0 aliphatic heterocycles. The molecule has 75 heavy (non-hydrogen) atoms. The Morgan fingerprint density at radius 1 is 0.333 bits per heavy atom. The Labute approximate surface area is 443 Å². The molecule has 11 aromatic rings. The number of nitrogens with zero attached hydrogens (tertiary/aromatic N) is 4. The first-order valence-electron chi connectivity index (χ1n) is 26.7. The van der Waals surface area contributed by atoms with Crippen LogP contribution in [0.2, 0.25) is 0 Å². The summed E-state index contributed by atoms with van der Waals surface area (Å²) in [6.45, 7) is 16.1. The highest BCUT2D eigenvalue weighted by Crippen LogP contribution is 2.56. The molecule has 0 spiro atoms. The molecule has 0 amide bonds. The van der Waals surface area contributed by atoms with Gasteiger partial charge in [0.15, 0.2) is 0 Å². The van der Waals surface area contributed by atoms with Crippen LogP contribution in [0.25, 0.3) is 32.3 Å². The number of benzene rings is 11. The monoisotopic (exact) mass is 973 g/mol. The van der Waals surface area contributed by atoms with E-state index in [2.05, 4.69) is 299 Å². The van der Waals surface area contributed by atoms with Crippen LogP contribution in [0.1, 0.15) is 48.1 Å². The highest BCUT2D eigenvalue weighted by Gasteiger charge is 2.35. The van der Waals surface area contributed by atoms with E-state index < -0.39 is 0 Å². The first-order chi connectivity index (χ1) is 36.7. The molecule has 4 nitrogen and oxygen atoms in total. The maximum absolute atomic E-state index is 2.71. The summed E-state index contributed by atoms with van der Waals surface area (Å²) in [7, 11) is 0. The summed E-state index contributed by atoms with van der Waals surface area (Å²) in [4.78, 5) is 10.3. The lowest BCUT2D eigenvalue weighted by atomic mass is 9.81. The molecule has 0 bridgehead atoms. The average molecular weight is 973 g/mol. The van der Waals surface area contributed by atoms with Gasteiger partial charge >= 0.3 is 0 Å². The maximum atomic E-state index is 2.71. The van der Waals surface area contributed by atoms with E-state index in [1.165, 1.54) is 82.9 Å². The fourth-order valence-electron chi connectivity index (χ4n) is 12.6. The fourth-order valence-corrected chi connectivity index (χ4v) is 12.6. The van der Waals surface area contributed by atoms with Gasteiger partial charge in [0.2, 0.25) is 0 Å². The van der Waals surface area contributed by atoms with Crippen molar-refractivity contribution in [2.75, 3.05) is 19.6 Å². The van der Waals surface area contributed by atoms with Crippen LogP contribution in [0, 0.1) is 46.5 Å². The van der Waals surface area contributed by atoms with Crippen LogP contribution in [0.4, 0.5) is 62.6 Å². The van der Waals surface area contributed by atoms with Gasteiger partial charge in [0, 0.05) is 66.8 Å². The minimum absolute atomic E-state index is 0.189. The normalized spacial score (nSPS) is 15.4. The first-order valence-corrected chi connectivity index (χ1v) is 26.7. The lowest BCUT2D eigenvalue weighted by Gasteiger charge is -2.43. The highest BCUT2D eigenvalue weighted by atomic mass is 15.2. The summed E-state index contributed by atoms with van der Waals surface area (Å²) in [5.74, 6) is 0.685. The molecule has 0 radical (unpaired) electrons. The highest BCUT2D eigenvalue weighted by molar-refractivity contribution is 6.33. The molecule has 368 valence electrons. The largest absolute Gasteiger partial charge is 0.337 e. The lowest BCUT2D eigenvalue weighted by Crippen LogP contribution is -2.42. The Kier molecular flexibility index (Phi) is 12.4. The van der Waals surface area contributed by atoms with Crippen molar-refractivity contribution in [2.45, 2.75) is 60.9 Å². The summed E-state index contributed by atoms with van der Waals surface area (Å²) < 4.78 is 0. The fraction of sp³-hybridized carbons (Fsp3) is 0.155. The van der Waals surface area contributed by atoms with Gasteiger partial charge in [-0.1, -0.05) is 178 Å². The van der Waals surface area contributed by atoms with E-state index in [-0.39, 0.29) is 6.04 Å². The van der Waals surface area contributed by atoms with Crippen molar-refractivity contribution in [3.63, 3.8) is 0 Å². The van der Waals surface area contributed by atoms with Gasteiger partial charge in [0.1, 0.15) is 0 Å². The summed E-state index contributed by atoms with van der Waals surface area (Å²) in [5.41, 5.74) is 18.7.